The molecule has 0 radical (unpaired) electrons. The number of benzene rings is 1. The second-order valence-electron chi connectivity index (χ2n) is 8.34. The lowest BCUT2D eigenvalue weighted by atomic mass is 10.1. The Bertz CT molecular complexity index is 906. The van der Waals surface area contributed by atoms with E-state index in [2.05, 4.69) is 68.5 Å². The number of aryl methyl sites for hydroxylation is 2. The summed E-state index contributed by atoms with van der Waals surface area (Å²) in [6.45, 7) is 9.85. The van der Waals surface area contributed by atoms with E-state index in [9.17, 15) is 0 Å². The standard InChI is InChI=1S/C24H40N6O2/c1-10-25-24(27-16(2)13-20-17(3)28-30(7)18(20)4)26-15-21(29(5)6)19-11-12-22(31-8)23(14-19)32-9/h11-12,14,16,21H,10,13,15H2,1-9H3,(H2,25,26,27). The van der Waals surface area contributed by atoms with Crippen molar-refractivity contribution in [2.45, 2.75) is 46.2 Å². The molecule has 1 aromatic carbocycles. The van der Waals surface area contributed by atoms with Gasteiger partial charge in [0, 0.05) is 25.3 Å². The summed E-state index contributed by atoms with van der Waals surface area (Å²) < 4.78 is 12.8. The van der Waals surface area contributed by atoms with E-state index < -0.39 is 0 Å². The maximum Gasteiger partial charge on any atom is 0.191 e. The Kier molecular flexibility index (Phi) is 9.38. The highest BCUT2D eigenvalue weighted by atomic mass is 16.5. The van der Waals surface area contributed by atoms with E-state index in [-0.39, 0.29) is 12.1 Å². The number of nitrogens with zero attached hydrogens (tertiary/aromatic N) is 4. The molecule has 0 aliphatic carbocycles. The number of nitrogens with one attached hydrogen (secondary N) is 2. The maximum absolute atomic E-state index is 5.49. The number of aromatic nitrogens is 2. The number of likely N-dealkylation sites (N-methyl/N-ethyl adjacent to an activating group) is 1. The Hall–Kier alpha value is -2.74. The van der Waals surface area contributed by atoms with Gasteiger partial charge in [-0.3, -0.25) is 9.67 Å². The molecule has 0 aliphatic heterocycles. The Labute approximate surface area is 193 Å². The molecule has 2 N–H and O–H groups in total. The minimum Gasteiger partial charge on any atom is -0.493 e. The van der Waals surface area contributed by atoms with Crippen LogP contribution in [0.5, 0.6) is 11.5 Å². The molecular weight excluding hydrogens is 404 g/mol. The van der Waals surface area contributed by atoms with Gasteiger partial charge in [-0.25, -0.2) is 0 Å². The number of rotatable bonds is 10. The Morgan fingerprint density at radius 3 is 2.41 bits per heavy atom. The van der Waals surface area contributed by atoms with Crippen molar-refractivity contribution in [1.29, 1.82) is 0 Å². The minimum atomic E-state index is 0.100. The summed E-state index contributed by atoms with van der Waals surface area (Å²) in [6, 6.07) is 6.35. The number of guanidine groups is 1. The van der Waals surface area contributed by atoms with Crippen LogP contribution in [0, 0.1) is 13.8 Å². The van der Waals surface area contributed by atoms with Crippen molar-refractivity contribution >= 4 is 5.96 Å². The van der Waals surface area contributed by atoms with Crippen LogP contribution in [0.15, 0.2) is 23.2 Å². The van der Waals surface area contributed by atoms with Crippen LogP contribution in [0.25, 0.3) is 0 Å². The first-order chi connectivity index (χ1) is 15.2. The average molecular weight is 445 g/mol. The van der Waals surface area contributed by atoms with Gasteiger partial charge >= 0.3 is 0 Å². The average Bonchev–Trinajstić information content (AvgIpc) is 2.99. The number of aliphatic imine (C=N–C) groups is 1. The van der Waals surface area contributed by atoms with Crippen molar-refractivity contribution in [2.75, 3.05) is 41.4 Å². The zero-order chi connectivity index (χ0) is 23.8. The van der Waals surface area contributed by atoms with Crippen LogP contribution in [-0.4, -0.2) is 68.1 Å². The topological polar surface area (TPSA) is 75.9 Å². The first-order valence-corrected chi connectivity index (χ1v) is 11.1. The van der Waals surface area contributed by atoms with Crippen LogP contribution in [0.3, 0.4) is 0 Å². The Morgan fingerprint density at radius 2 is 1.88 bits per heavy atom. The minimum absolute atomic E-state index is 0.100. The van der Waals surface area contributed by atoms with Crippen molar-refractivity contribution in [3.8, 4) is 11.5 Å². The lowest BCUT2D eigenvalue weighted by Gasteiger charge is -2.25. The fourth-order valence-electron chi connectivity index (χ4n) is 3.83. The molecule has 2 atom stereocenters. The van der Waals surface area contributed by atoms with E-state index in [4.69, 9.17) is 14.5 Å². The van der Waals surface area contributed by atoms with E-state index >= 15 is 0 Å². The first kappa shape index (κ1) is 25.5. The number of hydrogen-bond acceptors (Lipinski definition) is 5. The fourth-order valence-corrected chi connectivity index (χ4v) is 3.83. The summed E-state index contributed by atoms with van der Waals surface area (Å²) in [5.41, 5.74) is 4.71. The molecule has 8 heteroatoms. The summed E-state index contributed by atoms with van der Waals surface area (Å²) >= 11 is 0. The predicted molar refractivity (Wildman–Crippen MR) is 131 cm³/mol. The summed E-state index contributed by atoms with van der Waals surface area (Å²) in [6.07, 6.45) is 0.892. The van der Waals surface area contributed by atoms with Crippen LogP contribution in [0.4, 0.5) is 0 Å². The van der Waals surface area contributed by atoms with Crippen molar-refractivity contribution in [3.05, 3.63) is 40.7 Å². The molecule has 2 rings (SSSR count). The van der Waals surface area contributed by atoms with Crippen LogP contribution >= 0.6 is 0 Å². The van der Waals surface area contributed by atoms with Gasteiger partial charge < -0.3 is 25.0 Å². The monoisotopic (exact) mass is 444 g/mol. The summed E-state index contributed by atoms with van der Waals surface area (Å²) in [5.74, 6) is 2.26. The Morgan fingerprint density at radius 1 is 1.19 bits per heavy atom. The van der Waals surface area contributed by atoms with E-state index in [0.717, 1.165) is 41.7 Å². The molecule has 0 amide bonds. The van der Waals surface area contributed by atoms with Crippen molar-refractivity contribution in [3.63, 3.8) is 0 Å². The summed E-state index contributed by atoms with van der Waals surface area (Å²) in [4.78, 5) is 7.07. The molecular formula is C24H40N6O2. The molecule has 0 bridgehead atoms. The molecule has 0 fully saturated rings. The normalized spacial score (nSPS) is 13.8. The second kappa shape index (κ2) is 11.8. The molecule has 0 saturated carbocycles. The zero-order valence-corrected chi connectivity index (χ0v) is 21.1. The van der Waals surface area contributed by atoms with Crippen LogP contribution < -0.4 is 20.1 Å². The van der Waals surface area contributed by atoms with Crippen LogP contribution in [0.2, 0.25) is 0 Å². The van der Waals surface area contributed by atoms with Gasteiger partial charge in [0.15, 0.2) is 17.5 Å². The Balaban J connectivity index is 2.17. The zero-order valence-electron chi connectivity index (χ0n) is 21.1. The molecule has 0 aliphatic rings. The maximum atomic E-state index is 5.49. The van der Waals surface area contributed by atoms with Gasteiger partial charge in [0.25, 0.3) is 0 Å². The number of hydrogen-bond donors (Lipinski definition) is 2. The van der Waals surface area contributed by atoms with Gasteiger partial charge in [-0.05, 0) is 71.5 Å². The first-order valence-electron chi connectivity index (χ1n) is 11.1. The van der Waals surface area contributed by atoms with E-state index in [0.29, 0.717) is 6.54 Å². The van der Waals surface area contributed by atoms with Crippen molar-refractivity contribution in [2.24, 2.45) is 12.0 Å². The summed E-state index contributed by atoms with van der Waals surface area (Å²) in [5, 5.41) is 11.5. The molecule has 2 unspecified atom stereocenters. The fraction of sp³-hybridized carbons (Fsp3) is 0.583. The third kappa shape index (κ3) is 6.38. The van der Waals surface area contributed by atoms with Gasteiger partial charge in [0.1, 0.15) is 0 Å². The quantitative estimate of drug-likeness (QED) is 0.434. The molecule has 178 valence electrons. The van der Waals surface area contributed by atoms with Crippen LogP contribution in [0.1, 0.15) is 42.4 Å². The van der Waals surface area contributed by atoms with E-state index in [1.165, 1.54) is 11.3 Å². The van der Waals surface area contributed by atoms with Crippen LogP contribution in [-0.2, 0) is 13.5 Å². The van der Waals surface area contributed by atoms with Gasteiger partial charge in [-0.1, -0.05) is 6.07 Å². The molecule has 32 heavy (non-hydrogen) atoms. The molecule has 8 nitrogen and oxygen atoms in total. The van der Waals surface area contributed by atoms with Gasteiger partial charge in [-0.2, -0.15) is 5.10 Å². The molecule has 0 spiro atoms. The lowest BCUT2D eigenvalue weighted by molar-refractivity contribution is 0.303. The largest absolute Gasteiger partial charge is 0.493 e. The molecule has 1 aromatic heterocycles. The third-order valence-electron chi connectivity index (χ3n) is 5.73. The van der Waals surface area contributed by atoms with Crippen molar-refractivity contribution < 1.29 is 9.47 Å². The second-order valence-corrected chi connectivity index (χ2v) is 8.34. The van der Waals surface area contributed by atoms with Crippen molar-refractivity contribution in [1.82, 2.24) is 25.3 Å². The highest BCUT2D eigenvalue weighted by molar-refractivity contribution is 5.80. The molecule has 0 saturated heterocycles. The third-order valence-corrected chi connectivity index (χ3v) is 5.73. The summed E-state index contributed by atoms with van der Waals surface area (Å²) in [7, 11) is 9.42. The van der Waals surface area contributed by atoms with Gasteiger partial charge in [0.2, 0.25) is 0 Å². The highest BCUT2D eigenvalue weighted by Crippen LogP contribution is 2.31. The predicted octanol–water partition coefficient (Wildman–Crippen LogP) is 2.84. The number of ether oxygens (including phenoxy) is 2. The smallest absolute Gasteiger partial charge is 0.191 e. The SMILES string of the molecule is CCNC(=NCC(c1ccc(OC)c(OC)c1)N(C)C)NC(C)Cc1c(C)nn(C)c1C. The van der Waals surface area contributed by atoms with Gasteiger partial charge in [-0.15, -0.1) is 0 Å². The van der Waals surface area contributed by atoms with E-state index in [1.807, 2.05) is 23.9 Å². The number of methoxy groups -OCH3 is 2. The molecule has 2 aromatic rings. The molecule has 1 heterocycles. The van der Waals surface area contributed by atoms with Gasteiger partial charge in [0.05, 0.1) is 32.5 Å². The highest BCUT2D eigenvalue weighted by Gasteiger charge is 2.18. The van der Waals surface area contributed by atoms with E-state index in [1.54, 1.807) is 14.2 Å². The lowest BCUT2D eigenvalue weighted by Crippen LogP contribution is -2.43.